The van der Waals surface area contributed by atoms with Gasteiger partial charge in [0.1, 0.15) is 0 Å². The molecule has 2 N–H and O–H groups in total. The molecule has 0 unspecified atom stereocenters. The Bertz CT molecular complexity index is 549. The average molecular weight is 245 g/mol. The molecule has 94 valence electrons. The van der Waals surface area contributed by atoms with Crippen LogP contribution in [-0.4, -0.2) is 27.2 Å². The van der Waals surface area contributed by atoms with Crippen molar-refractivity contribution in [2.24, 2.45) is 7.05 Å². The summed E-state index contributed by atoms with van der Waals surface area (Å²) in [4.78, 5) is 16.0. The quantitative estimate of drug-likeness (QED) is 0.856. The fraction of sp³-hybridized carbons (Fsp3) is 0.250. The first kappa shape index (κ1) is 12.1. The number of nitrogens with zero attached hydrogens (tertiary/aromatic N) is 3. The lowest BCUT2D eigenvalue weighted by molar-refractivity contribution is 0.102. The predicted octanol–water partition coefficient (Wildman–Crippen LogP) is 1.50. The van der Waals surface area contributed by atoms with Crippen molar-refractivity contribution in [3.05, 3.63) is 36.3 Å². The van der Waals surface area contributed by atoms with E-state index in [0.717, 1.165) is 12.2 Å². The molecule has 0 aliphatic carbocycles. The Morgan fingerprint density at radius 1 is 1.44 bits per heavy atom. The number of carbonyl (C=O) groups excluding carboxylic acids is 1. The third-order valence-corrected chi connectivity index (χ3v) is 2.39. The van der Waals surface area contributed by atoms with Gasteiger partial charge in [0, 0.05) is 38.2 Å². The van der Waals surface area contributed by atoms with Gasteiger partial charge in [-0.3, -0.25) is 14.5 Å². The Morgan fingerprint density at radius 3 is 2.94 bits per heavy atom. The van der Waals surface area contributed by atoms with Crippen molar-refractivity contribution in [1.29, 1.82) is 0 Å². The smallest absolute Gasteiger partial charge is 0.260 e. The van der Waals surface area contributed by atoms with Crippen molar-refractivity contribution in [3.8, 4) is 0 Å². The van der Waals surface area contributed by atoms with E-state index in [1.54, 1.807) is 36.3 Å². The molecular weight excluding hydrogens is 230 g/mol. The van der Waals surface area contributed by atoms with Crippen LogP contribution in [0.1, 0.15) is 17.3 Å². The maximum Gasteiger partial charge on any atom is 0.260 e. The molecule has 0 saturated heterocycles. The summed E-state index contributed by atoms with van der Waals surface area (Å²) < 4.78 is 1.63. The van der Waals surface area contributed by atoms with E-state index in [1.165, 1.54) is 6.20 Å². The highest BCUT2D eigenvalue weighted by Crippen LogP contribution is 2.15. The predicted molar refractivity (Wildman–Crippen MR) is 69.6 cm³/mol. The molecule has 6 heteroatoms. The van der Waals surface area contributed by atoms with Crippen molar-refractivity contribution in [3.63, 3.8) is 0 Å². The van der Waals surface area contributed by atoms with E-state index in [0.29, 0.717) is 11.4 Å². The monoisotopic (exact) mass is 245 g/mol. The van der Waals surface area contributed by atoms with Gasteiger partial charge < -0.3 is 10.6 Å². The van der Waals surface area contributed by atoms with Gasteiger partial charge in [-0.15, -0.1) is 0 Å². The van der Waals surface area contributed by atoms with Crippen LogP contribution in [0.5, 0.6) is 0 Å². The fourth-order valence-corrected chi connectivity index (χ4v) is 1.59. The lowest BCUT2D eigenvalue weighted by Gasteiger charge is -2.09. The van der Waals surface area contributed by atoms with E-state index in [1.807, 2.05) is 6.92 Å². The normalized spacial score (nSPS) is 10.1. The number of hydrogen-bond donors (Lipinski definition) is 2. The summed E-state index contributed by atoms with van der Waals surface area (Å²) in [6.45, 7) is 2.72. The molecule has 0 radical (unpaired) electrons. The number of pyridine rings is 1. The van der Waals surface area contributed by atoms with Crippen molar-refractivity contribution in [2.45, 2.75) is 6.92 Å². The second-order valence-corrected chi connectivity index (χ2v) is 3.78. The van der Waals surface area contributed by atoms with Gasteiger partial charge in [-0.2, -0.15) is 5.10 Å². The van der Waals surface area contributed by atoms with Crippen LogP contribution in [0.3, 0.4) is 0 Å². The van der Waals surface area contributed by atoms with Gasteiger partial charge >= 0.3 is 0 Å². The van der Waals surface area contributed by atoms with Crippen molar-refractivity contribution in [2.75, 3.05) is 17.2 Å². The zero-order valence-corrected chi connectivity index (χ0v) is 10.3. The topological polar surface area (TPSA) is 71.8 Å². The van der Waals surface area contributed by atoms with Crippen LogP contribution < -0.4 is 10.6 Å². The molecule has 0 atom stereocenters. The van der Waals surface area contributed by atoms with Crippen LogP contribution in [0, 0.1) is 0 Å². The van der Waals surface area contributed by atoms with Crippen LogP contribution in [0.15, 0.2) is 30.7 Å². The fourth-order valence-electron chi connectivity index (χ4n) is 1.59. The van der Waals surface area contributed by atoms with Crippen molar-refractivity contribution >= 4 is 17.4 Å². The number of amides is 1. The minimum atomic E-state index is -0.224. The molecular formula is C12H15N5O. The van der Waals surface area contributed by atoms with Gasteiger partial charge in [0.05, 0.1) is 11.3 Å². The summed E-state index contributed by atoms with van der Waals surface area (Å²) in [5.41, 5.74) is 1.27. The second-order valence-electron chi connectivity index (χ2n) is 3.78. The van der Waals surface area contributed by atoms with Gasteiger partial charge in [-0.05, 0) is 13.0 Å². The van der Waals surface area contributed by atoms with Gasteiger partial charge in [-0.25, -0.2) is 0 Å². The third kappa shape index (κ3) is 2.65. The van der Waals surface area contributed by atoms with E-state index in [4.69, 9.17) is 0 Å². The molecule has 2 heterocycles. The maximum absolute atomic E-state index is 12.1. The SMILES string of the molecule is CCNc1ccncc1C(=O)Nc1ccn(C)n1. The van der Waals surface area contributed by atoms with E-state index in [-0.39, 0.29) is 5.91 Å². The molecule has 2 aromatic heterocycles. The zero-order valence-electron chi connectivity index (χ0n) is 10.3. The molecule has 0 fully saturated rings. The summed E-state index contributed by atoms with van der Waals surface area (Å²) in [6, 6.07) is 3.51. The molecule has 0 aromatic carbocycles. The number of rotatable bonds is 4. The highest BCUT2D eigenvalue weighted by molar-refractivity contribution is 6.07. The Kier molecular flexibility index (Phi) is 3.57. The van der Waals surface area contributed by atoms with Crippen LogP contribution in [0.4, 0.5) is 11.5 Å². The first-order valence-electron chi connectivity index (χ1n) is 5.69. The number of aryl methyl sites for hydroxylation is 1. The van der Waals surface area contributed by atoms with Gasteiger partial charge in [0.2, 0.25) is 0 Å². The van der Waals surface area contributed by atoms with Crippen molar-refractivity contribution < 1.29 is 4.79 Å². The molecule has 2 rings (SSSR count). The van der Waals surface area contributed by atoms with Crippen LogP contribution in [0.2, 0.25) is 0 Å². The molecule has 0 spiro atoms. The Hall–Kier alpha value is -2.37. The largest absolute Gasteiger partial charge is 0.385 e. The van der Waals surface area contributed by atoms with Crippen LogP contribution >= 0.6 is 0 Å². The molecule has 6 nitrogen and oxygen atoms in total. The van der Waals surface area contributed by atoms with Crippen LogP contribution in [0.25, 0.3) is 0 Å². The van der Waals surface area contributed by atoms with E-state index in [9.17, 15) is 4.79 Å². The number of nitrogens with one attached hydrogen (secondary N) is 2. The van der Waals surface area contributed by atoms with E-state index >= 15 is 0 Å². The molecule has 0 saturated carbocycles. The van der Waals surface area contributed by atoms with Crippen LogP contribution in [-0.2, 0) is 7.05 Å². The Labute approximate surface area is 105 Å². The summed E-state index contributed by atoms with van der Waals surface area (Å²) in [5.74, 6) is 0.298. The lowest BCUT2D eigenvalue weighted by Crippen LogP contribution is -2.15. The number of hydrogen-bond acceptors (Lipinski definition) is 4. The molecule has 0 aliphatic heterocycles. The maximum atomic E-state index is 12.1. The highest BCUT2D eigenvalue weighted by atomic mass is 16.1. The molecule has 1 amide bonds. The first-order valence-corrected chi connectivity index (χ1v) is 5.69. The summed E-state index contributed by atoms with van der Waals surface area (Å²) in [7, 11) is 1.80. The van der Waals surface area contributed by atoms with Gasteiger partial charge in [-0.1, -0.05) is 0 Å². The molecule has 2 aromatic rings. The third-order valence-electron chi connectivity index (χ3n) is 2.39. The summed E-state index contributed by atoms with van der Waals surface area (Å²) in [6.07, 6.45) is 4.95. The van der Waals surface area contributed by atoms with E-state index in [2.05, 4.69) is 20.7 Å². The molecule has 0 aliphatic rings. The standard InChI is InChI=1S/C12H15N5O/c1-3-14-10-4-6-13-8-9(10)12(18)15-11-5-7-17(2)16-11/h4-8H,3H2,1-2H3,(H,13,14)(H,15,16,18). The Morgan fingerprint density at radius 2 is 2.28 bits per heavy atom. The lowest BCUT2D eigenvalue weighted by atomic mass is 10.2. The minimum absolute atomic E-state index is 0.224. The van der Waals surface area contributed by atoms with Gasteiger partial charge in [0.25, 0.3) is 5.91 Å². The molecule has 18 heavy (non-hydrogen) atoms. The molecule has 0 bridgehead atoms. The zero-order chi connectivity index (χ0) is 13.0. The van der Waals surface area contributed by atoms with E-state index < -0.39 is 0 Å². The van der Waals surface area contributed by atoms with Crippen molar-refractivity contribution in [1.82, 2.24) is 14.8 Å². The first-order chi connectivity index (χ1) is 8.70. The number of aromatic nitrogens is 3. The average Bonchev–Trinajstić information content (AvgIpc) is 2.76. The minimum Gasteiger partial charge on any atom is -0.385 e. The highest BCUT2D eigenvalue weighted by Gasteiger charge is 2.12. The van der Waals surface area contributed by atoms with Gasteiger partial charge in [0.15, 0.2) is 5.82 Å². The number of anilines is 2. The second kappa shape index (κ2) is 5.31. The summed E-state index contributed by atoms with van der Waals surface area (Å²) >= 11 is 0. The Balaban J connectivity index is 2.18. The number of carbonyl (C=O) groups is 1. The summed E-state index contributed by atoms with van der Waals surface area (Å²) in [5, 5.41) is 9.94.